The third-order valence-electron chi connectivity index (χ3n) is 5.53. The van der Waals surface area contributed by atoms with E-state index in [4.69, 9.17) is 9.15 Å². The zero-order chi connectivity index (χ0) is 25.1. The molecule has 7 nitrogen and oxygen atoms in total. The Morgan fingerprint density at radius 2 is 1.72 bits per heavy atom. The standard InChI is InChI=1S/C28H20N2O5S/c1-34-24-16-20(11-12-22(24)30-27(32)25-10-5-13-36-25)29-26(31)19-8-4-7-17(14-19)21-15-18-6-2-3-9-23(18)35-28(21)33/h2-16H,1H3,(H,29,31)(H,30,32). The van der Waals surface area contributed by atoms with Crippen molar-refractivity contribution in [1.82, 2.24) is 0 Å². The van der Waals surface area contributed by atoms with Crippen LogP contribution in [-0.2, 0) is 0 Å². The Bertz CT molecular complexity index is 1640. The Hall–Kier alpha value is -4.69. The molecular formula is C28H20N2O5S. The molecule has 0 unspecified atom stereocenters. The van der Waals surface area contributed by atoms with Crippen molar-refractivity contribution >= 4 is 45.5 Å². The van der Waals surface area contributed by atoms with E-state index in [1.807, 2.05) is 17.5 Å². The number of carbonyl (C=O) groups is 2. The first-order valence-corrected chi connectivity index (χ1v) is 11.9. The molecule has 8 heteroatoms. The monoisotopic (exact) mass is 496 g/mol. The van der Waals surface area contributed by atoms with Crippen LogP contribution in [-0.4, -0.2) is 18.9 Å². The van der Waals surface area contributed by atoms with Gasteiger partial charge in [-0.1, -0.05) is 36.4 Å². The zero-order valence-corrected chi connectivity index (χ0v) is 19.9. The molecule has 0 aliphatic heterocycles. The average Bonchev–Trinajstić information content (AvgIpc) is 3.44. The SMILES string of the molecule is COc1cc(NC(=O)c2cccc(-c3cc4ccccc4oc3=O)c2)ccc1NC(=O)c1cccs1. The summed E-state index contributed by atoms with van der Waals surface area (Å²) in [7, 11) is 1.49. The van der Waals surface area contributed by atoms with Gasteiger partial charge in [-0.15, -0.1) is 11.3 Å². The van der Waals surface area contributed by atoms with Gasteiger partial charge >= 0.3 is 5.63 Å². The maximum atomic E-state index is 13.0. The largest absolute Gasteiger partial charge is 0.494 e. The van der Waals surface area contributed by atoms with Crippen LogP contribution in [0.3, 0.4) is 0 Å². The summed E-state index contributed by atoms with van der Waals surface area (Å²) in [6, 6.07) is 24.3. The van der Waals surface area contributed by atoms with Crippen LogP contribution in [0.15, 0.2) is 99.5 Å². The van der Waals surface area contributed by atoms with Crippen molar-refractivity contribution in [3.63, 3.8) is 0 Å². The third-order valence-corrected chi connectivity index (χ3v) is 6.40. The number of methoxy groups -OCH3 is 1. The minimum absolute atomic E-state index is 0.241. The van der Waals surface area contributed by atoms with Crippen molar-refractivity contribution < 1.29 is 18.7 Å². The molecule has 2 N–H and O–H groups in total. The number of hydrogen-bond acceptors (Lipinski definition) is 6. The number of nitrogens with one attached hydrogen (secondary N) is 2. The smallest absolute Gasteiger partial charge is 0.344 e. The lowest BCUT2D eigenvalue weighted by molar-refractivity contribution is 0.102. The highest BCUT2D eigenvalue weighted by molar-refractivity contribution is 7.12. The van der Waals surface area contributed by atoms with Crippen molar-refractivity contribution in [3.05, 3.63) is 111 Å². The van der Waals surface area contributed by atoms with Crippen LogP contribution in [0.25, 0.3) is 22.1 Å². The van der Waals surface area contributed by atoms with Crippen LogP contribution in [0.1, 0.15) is 20.0 Å². The number of amides is 2. The van der Waals surface area contributed by atoms with Gasteiger partial charge in [0.15, 0.2) is 0 Å². The van der Waals surface area contributed by atoms with Gasteiger partial charge in [0.25, 0.3) is 11.8 Å². The zero-order valence-electron chi connectivity index (χ0n) is 19.1. The van der Waals surface area contributed by atoms with Gasteiger partial charge in [-0.2, -0.15) is 0 Å². The van der Waals surface area contributed by atoms with Crippen molar-refractivity contribution in [3.8, 4) is 16.9 Å². The molecule has 2 aromatic heterocycles. The average molecular weight is 497 g/mol. The first kappa shape index (κ1) is 23.1. The van der Waals surface area contributed by atoms with Crippen molar-refractivity contribution in [2.75, 3.05) is 17.7 Å². The van der Waals surface area contributed by atoms with Crippen molar-refractivity contribution in [2.24, 2.45) is 0 Å². The Morgan fingerprint density at radius 1 is 0.861 bits per heavy atom. The molecule has 0 aliphatic carbocycles. The summed E-state index contributed by atoms with van der Waals surface area (Å²) >= 11 is 1.34. The molecule has 0 aliphatic rings. The van der Waals surface area contributed by atoms with E-state index < -0.39 is 5.63 Å². The van der Waals surface area contributed by atoms with E-state index >= 15 is 0 Å². The lowest BCUT2D eigenvalue weighted by atomic mass is 10.0. The quantitative estimate of drug-likeness (QED) is 0.280. The molecule has 0 atom stereocenters. The van der Waals surface area contributed by atoms with E-state index in [9.17, 15) is 14.4 Å². The van der Waals surface area contributed by atoms with Crippen LogP contribution >= 0.6 is 11.3 Å². The van der Waals surface area contributed by atoms with E-state index in [-0.39, 0.29) is 11.8 Å². The molecule has 5 aromatic rings. The molecule has 5 rings (SSSR count). The van der Waals surface area contributed by atoms with Crippen LogP contribution in [0.4, 0.5) is 11.4 Å². The fourth-order valence-electron chi connectivity index (χ4n) is 3.76. The van der Waals surface area contributed by atoms with Gasteiger partial charge in [-0.3, -0.25) is 9.59 Å². The molecule has 2 heterocycles. The van der Waals surface area contributed by atoms with Gasteiger partial charge in [0.1, 0.15) is 11.3 Å². The van der Waals surface area contributed by atoms with Gasteiger partial charge in [0.2, 0.25) is 0 Å². The Balaban J connectivity index is 1.37. The summed E-state index contributed by atoms with van der Waals surface area (Å²) in [5.41, 5.74) is 2.32. The van der Waals surface area contributed by atoms with E-state index in [0.717, 1.165) is 5.39 Å². The molecule has 0 radical (unpaired) electrons. The lowest BCUT2D eigenvalue weighted by Gasteiger charge is -2.13. The minimum Gasteiger partial charge on any atom is -0.494 e. The third kappa shape index (κ3) is 4.75. The van der Waals surface area contributed by atoms with Gasteiger partial charge in [0, 0.05) is 22.7 Å². The molecular weight excluding hydrogens is 476 g/mol. The van der Waals surface area contributed by atoms with E-state index in [2.05, 4.69) is 10.6 Å². The molecule has 3 aromatic carbocycles. The fraction of sp³-hybridized carbons (Fsp3) is 0.0357. The predicted octanol–water partition coefficient (Wildman–Crippen LogP) is 6.03. The van der Waals surface area contributed by atoms with Gasteiger partial charge < -0.3 is 19.8 Å². The Morgan fingerprint density at radius 3 is 2.53 bits per heavy atom. The van der Waals surface area contributed by atoms with Crippen LogP contribution < -0.4 is 21.0 Å². The highest BCUT2D eigenvalue weighted by atomic mass is 32.1. The molecule has 2 amide bonds. The number of anilines is 2. The molecule has 0 fully saturated rings. The number of benzene rings is 3. The normalized spacial score (nSPS) is 10.7. The maximum absolute atomic E-state index is 13.0. The van der Waals surface area contributed by atoms with Gasteiger partial charge in [-0.25, -0.2) is 4.79 Å². The molecule has 36 heavy (non-hydrogen) atoms. The van der Waals surface area contributed by atoms with E-state index in [0.29, 0.717) is 44.3 Å². The second-order valence-electron chi connectivity index (χ2n) is 7.87. The summed E-state index contributed by atoms with van der Waals surface area (Å²) in [5, 5.41) is 8.27. The number of fused-ring (bicyclic) bond motifs is 1. The molecule has 0 saturated heterocycles. The summed E-state index contributed by atoms with van der Waals surface area (Å²) in [6.07, 6.45) is 0. The summed E-state index contributed by atoms with van der Waals surface area (Å²) in [5.74, 6) is -0.199. The number of thiophene rings is 1. The van der Waals surface area contributed by atoms with Crippen LogP contribution in [0.5, 0.6) is 5.75 Å². The Kier molecular flexibility index (Phi) is 6.34. The lowest BCUT2D eigenvalue weighted by Crippen LogP contribution is -2.14. The highest BCUT2D eigenvalue weighted by Gasteiger charge is 2.14. The number of para-hydroxylation sites is 1. The van der Waals surface area contributed by atoms with Gasteiger partial charge in [0.05, 0.1) is 23.2 Å². The summed E-state index contributed by atoms with van der Waals surface area (Å²) in [6.45, 7) is 0. The van der Waals surface area contributed by atoms with Crippen molar-refractivity contribution in [2.45, 2.75) is 0 Å². The second kappa shape index (κ2) is 9.89. The van der Waals surface area contributed by atoms with Crippen molar-refractivity contribution in [1.29, 1.82) is 0 Å². The maximum Gasteiger partial charge on any atom is 0.344 e. The number of rotatable bonds is 6. The fourth-order valence-corrected chi connectivity index (χ4v) is 4.38. The van der Waals surface area contributed by atoms with E-state index in [1.54, 1.807) is 72.8 Å². The summed E-state index contributed by atoms with van der Waals surface area (Å²) < 4.78 is 10.8. The predicted molar refractivity (Wildman–Crippen MR) is 141 cm³/mol. The highest BCUT2D eigenvalue weighted by Crippen LogP contribution is 2.29. The second-order valence-corrected chi connectivity index (χ2v) is 8.81. The minimum atomic E-state index is -0.476. The van der Waals surface area contributed by atoms with Gasteiger partial charge in [-0.05, 0) is 53.4 Å². The summed E-state index contributed by atoms with van der Waals surface area (Å²) in [4.78, 5) is 38.5. The topological polar surface area (TPSA) is 97.6 Å². The van der Waals surface area contributed by atoms with Crippen LogP contribution in [0.2, 0.25) is 0 Å². The first-order chi connectivity index (χ1) is 17.5. The number of hydrogen-bond donors (Lipinski definition) is 2. The Labute approximate surface area is 210 Å². The number of ether oxygens (including phenoxy) is 1. The molecule has 0 saturated carbocycles. The molecule has 178 valence electrons. The van der Waals surface area contributed by atoms with E-state index in [1.165, 1.54) is 18.4 Å². The molecule has 0 bridgehead atoms. The van der Waals surface area contributed by atoms with Crippen LogP contribution in [0, 0.1) is 0 Å². The number of carbonyl (C=O) groups excluding carboxylic acids is 2. The molecule has 0 spiro atoms. The first-order valence-electron chi connectivity index (χ1n) is 11.0.